The maximum absolute atomic E-state index is 11.5. The number of anilines is 1. The van der Waals surface area contributed by atoms with Crippen LogP contribution in [0.2, 0.25) is 0 Å². The lowest BCUT2D eigenvalue weighted by atomic mass is 10.1. The van der Waals surface area contributed by atoms with Gasteiger partial charge < -0.3 is 16.4 Å². The van der Waals surface area contributed by atoms with Crippen molar-refractivity contribution < 1.29 is 4.79 Å². The van der Waals surface area contributed by atoms with Gasteiger partial charge in [-0.25, -0.2) is 4.79 Å². The van der Waals surface area contributed by atoms with Gasteiger partial charge in [-0.15, -0.1) is 0 Å². The molecule has 0 saturated heterocycles. The average Bonchev–Trinajstić information content (AvgIpc) is 3.04. The number of urea groups is 1. The molecule has 1 saturated carbocycles. The molecule has 1 aliphatic rings. The fourth-order valence-electron chi connectivity index (χ4n) is 1.49. The number of carbonyl (C=O) groups excluding carboxylic acids is 1. The normalized spacial score (nSPS) is 14.1. The molecule has 1 aliphatic carbocycles. The molecular weight excluding hydrogens is 234 g/mol. The van der Waals surface area contributed by atoms with Crippen LogP contribution in [0, 0.1) is 0 Å². The van der Waals surface area contributed by atoms with Gasteiger partial charge in [-0.3, -0.25) is 0 Å². The van der Waals surface area contributed by atoms with E-state index in [1.54, 1.807) is 0 Å². The third-order valence-corrected chi connectivity index (χ3v) is 2.65. The number of nitrogens with two attached hydrogens (primary N) is 1. The fourth-order valence-corrected chi connectivity index (χ4v) is 1.65. The van der Waals surface area contributed by atoms with Crippen molar-refractivity contribution in [3.63, 3.8) is 0 Å². The van der Waals surface area contributed by atoms with Crippen molar-refractivity contribution in [3.05, 3.63) is 29.8 Å². The van der Waals surface area contributed by atoms with Crippen molar-refractivity contribution in [2.24, 2.45) is 5.73 Å². The standard InChI is InChI=1S/C12H15N3OS/c13-11(17)7-8-1-3-9(4-2-8)14-12(16)15-10-5-6-10/h1-4,10H,5-7H2,(H2,13,17)(H2,14,15,16). The van der Waals surface area contributed by atoms with E-state index in [1.807, 2.05) is 24.3 Å². The first-order chi connectivity index (χ1) is 8.13. The predicted molar refractivity (Wildman–Crippen MR) is 72.1 cm³/mol. The van der Waals surface area contributed by atoms with Crippen LogP contribution in [0.3, 0.4) is 0 Å². The van der Waals surface area contributed by atoms with E-state index >= 15 is 0 Å². The summed E-state index contributed by atoms with van der Waals surface area (Å²) in [5.41, 5.74) is 7.28. The topological polar surface area (TPSA) is 67.1 Å². The van der Waals surface area contributed by atoms with Crippen LogP contribution in [0.25, 0.3) is 0 Å². The third kappa shape index (κ3) is 4.03. The molecule has 0 aromatic heterocycles. The van der Waals surface area contributed by atoms with E-state index in [2.05, 4.69) is 10.6 Å². The quantitative estimate of drug-likeness (QED) is 0.713. The lowest BCUT2D eigenvalue weighted by molar-refractivity contribution is 0.251. The third-order valence-electron chi connectivity index (χ3n) is 2.50. The lowest BCUT2D eigenvalue weighted by Gasteiger charge is -2.07. The molecule has 5 heteroatoms. The second-order valence-corrected chi connectivity index (χ2v) is 4.74. The summed E-state index contributed by atoms with van der Waals surface area (Å²) in [5, 5.41) is 5.64. The van der Waals surface area contributed by atoms with Crippen molar-refractivity contribution in [2.75, 3.05) is 5.32 Å². The number of amides is 2. The molecule has 0 heterocycles. The maximum Gasteiger partial charge on any atom is 0.319 e. The molecule has 0 atom stereocenters. The highest BCUT2D eigenvalue weighted by Crippen LogP contribution is 2.19. The molecule has 0 unspecified atom stereocenters. The number of hydrogen-bond acceptors (Lipinski definition) is 2. The molecule has 0 radical (unpaired) electrons. The van der Waals surface area contributed by atoms with Gasteiger partial charge in [0.2, 0.25) is 0 Å². The molecule has 90 valence electrons. The minimum Gasteiger partial charge on any atom is -0.393 e. The Kier molecular flexibility index (Phi) is 3.58. The van der Waals surface area contributed by atoms with Crippen LogP contribution in [0.5, 0.6) is 0 Å². The van der Waals surface area contributed by atoms with Crippen molar-refractivity contribution in [3.8, 4) is 0 Å². The Bertz CT molecular complexity index is 426. The number of rotatable bonds is 4. The van der Waals surface area contributed by atoms with Crippen LogP contribution in [-0.4, -0.2) is 17.1 Å². The Hall–Kier alpha value is -1.62. The van der Waals surface area contributed by atoms with E-state index in [-0.39, 0.29) is 6.03 Å². The first kappa shape index (κ1) is 11.9. The fraction of sp³-hybridized carbons (Fsp3) is 0.333. The minimum absolute atomic E-state index is 0.144. The highest BCUT2D eigenvalue weighted by molar-refractivity contribution is 7.80. The van der Waals surface area contributed by atoms with Gasteiger partial charge in [-0.05, 0) is 30.5 Å². The molecule has 4 N–H and O–H groups in total. The van der Waals surface area contributed by atoms with E-state index in [9.17, 15) is 4.79 Å². The molecule has 17 heavy (non-hydrogen) atoms. The molecule has 0 aliphatic heterocycles. The van der Waals surface area contributed by atoms with E-state index in [0.717, 1.165) is 24.1 Å². The van der Waals surface area contributed by atoms with Crippen molar-refractivity contribution in [1.29, 1.82) is 0 Å². The zero-order chi connectivity index (χ0) is 12.3. The van der Waals surface area contributed by atoms with Crippen LogP contribution in [0.15, 0.2) is 24.3 Å². The van der Waals surface area contributed by atoms with E-state index in [0.29, 0.717) is 17.5 Å². The Morgan fingerprint density at radius 1 is 1.35 bits per heavy atom. The molecule has 0 spiro atoms. The van der Waals surface area contributed by atoms with Crippen LogP contribution in [-0.2, 0) is 6.42 Å². The molecule has 0 bridgehead atoms. The number of benzene rings is 1. The molecule has 2 rings (SSSR count). The largest absolute Gasteiger partial charge is 0.393 e. The highest BCUT2D eigenvalue weighted by atomic mass is 32.1. The second-order valence-electron chi connectivity index (χ2n) is 4.21. The highest BCUT2D eigenvalue weighted by Gasteiger charge is 2.23. The molecule has 1 fully saturated rings. The summed E-state index contributed by atoms with van der Waals surface area (Å²) in [7, 11) is 0. The number of thiocarbonyl (C=S) groups is 1. The lowest BCUT2D eigenvalue weighted by Crippen LogP contribution is -2.30. The molecule has 1 aromatic rings. The Labute approximate surface area is 106 Å². The maximum atomic E-state index is 11.5. The number of carbonyl (C=O) groups is 1. The van der Waals surface area contributed by atoms with E-state index in [4.69, 9.17) is 18.0 Å². The summed E-state index contributed by atoms with van der Waals surface area (Å²) < 4.78 is 0. The Balaban J connectivity index is 1.88. The van der Waals surface area contributed by atoms with Crippen LogP contribution in [0.1, 0.15) is 18.4 Å². The molecule has 4 nitrogen and oxygen atoms in total. The van der Waals surface area contributed by atoms with Crippen LogP contribution >= 0.6 is 12.2 Å². The zero-order valence-corrected chi connectivity index (χ0v) is 10.2. The molecular formula is C12H15N3OS. The number of hydrogen-bond donors (Lipinski definition) is 3. The minimum atomic E-state index is -0.144. The van der Waals surface area contributed by atoms with E-state index < -0.39 is 0 Å². The van der Waals surface area contributed by atoms with Gasteiger partial charge in [0.15, 0.2) is 0 Å². The van der Waals surface area contributed by atoms with Gasteiger partial charge in [-0.1, -0.05) is 24.4 Å². The van der Waals surface area contributed by atoms with Gasteiger partial charge in [0.1, 0.15) is 0 Å². The SMILES string of the molecule is NC(=S)Cc1ccc(NC(=O)NC2CC2)cc1. The van der Waals surface area contributed by atoms with Gasteiger partial charge in [0.25, 0.3) is 0 Å². The summed E-state index contributed by atoms with van der Waals surface area (Å²) >= 11 is 4.83. The summed E-state index contributed by atoms with van der Waals surface area (Å²) in [6.07, 6.45) is 2.75. The first-order valence-electron chi connectivity index (χ1n) is 5.58. The second kappa shape index (κ2) is 5.14. The summed E-state index contributed by atoms with van der Waals surface area (Å²) in [6, 6.07) is 7.73. The molecule has 2 amide bonds. The van der Waals surface area contributed by atoms with Gasteiger partial charge in [0, 0.05) is 18.2 Å². The van der Waals surface area contributed by atoms with Crippen molar-refractivity contribution in [1.82, 2.24) is 5.32 Å². The Morgan fingerprint density at radius 2 is 2.00 bits per heavy atom. The summed E-state index contributed by atoms with van der Waals surface area (Å²) in [4.78, 5) is 11.9. The van der Waals surface area contributed by atoms with Crippen molar-refractivity contribution >= 4 is 28.9 Å². The average molecular weight is 249 g/mol. The van der Waals surface area contributed by atoms with Crippen LogP contribution in [0.4, 0.5) is 10.5 Å². The monoisotopic (exact) mass is 249 g/mol. The smallest absolute Gasteiger partial charge is 0.319 e. The van der Waals surface area contributed by atoms with Crippen molar-refractivity contribution in [2.45, 2.75) is 25.3 Å². The van der Waals surface area contributed by atoms with Crippen LogP contribution < -0.4 is 16.4 Å². The van der Waals surface area contributed by atoms with E-state index in [1.165, 1.54) is 0 Å². The Morgan fingerprint density at radius 3 is 2.53 bits per heavy atom. The summed E-state index contributed by atoms with van der Waals surface area (Å²) in [6.45, 7) is 0. The first-order valence-corrected chi connectivity index (χ1v) is 5.99. The number of nitrogens with one attached hydrogen (secondary N) is 2. The van der Waals surface area contributed by atoms with Gasteiger partial charge in [0.05, 0.1) is 4.99 Å². The predicted octanol–water partition coefficient (Wildman–Crippen LogP) is 1.80. The zero-order valence-electron chi connectivity index (χ0n) is 9.40. The summed E-state index contributed by atoms with van der Waals surface area (Å²) in [5.74, 6) is 0. The van der Waals surface area contributed by atoms with Gasteiger partial charge >= 0.3 is 6.03 Å². The van der Waals surface area contributed by atoms with Gasteiger partial charge in [-0.2, -0.15) is 0 Å². The molecule has 1 aromatic carbocycles.